The zero-order chi connectivity index (χ0) is 31.6. The normalized spacial score (nSPS) is 22.1. The minimum atomic E-state index is -4.63. The molecule has 3 atom stereocenters. The number of ether oxygens (including phenoxy) is 2. The molecule has 2 fully saturated rings. The maximum atomic E-state index is 13.7. The van der Waals surface area contributed by atoms with Crippen LogP contribution >= 0.6 is 0 Å². The Balaban J connectivity index is 1.43. The molecule has 12 nitrogen and oxygen atoms in total. The predicted molar refractivity (Wildman–Crippen MR) is 155 cm³/mol. The molecule has 15 heteroatoms. The lowest BCUT2D eigenvalue weighted by Crippen LogP contribution is -2.44. The van der Waals surface area contributed by atoms with Gasteiger partial charge in [0.15, 0.2) is 5.60 Å². The minimum Gasteiger partial charge on any atom is -0.381 e. The van der Waals surface area contributed by atoms with Crippen LogP contribution in [0.4, 0.5) is 19.1 Å². The van der Waals surface area contributed by atoms with Crippen LogP contribution in [0.2, 0.25) is 0 Å². The standard InChI is InChI=1S/C29H41F3N8O4/c1-5-39-23(6-9-34-39)26(42)35-22(16-44-28(3,4)29(30,31)32)21-15-40-27(36-21)37-24(18-7-10-43-11-8-18)20(38-40)13-19-12-17(2)14-33-25(19)41/h6,9,15,17-19,22,38H,5,7-8,10-14,16H2,1-4H3,(H,33,41)(H,35,42)(H,36,37)/t17-,19+,22-/m0/s1. The molecule has 3 aliphatic heterocycles. The highest BCUT2D eigenvalue weighted by molar-refractivity contribution is 5.92. The lowest BCUT2D eigenvalue weighted by atomic mass is 9.85. The van der Waals surface area contributed by atoms with Crippen molar-refractivity contribution in [3.8, 4) is 0 Å². The van der Waals surface area contributed by atoms with E-state index < -0.39 is 30.3 Å². The molecule has 2 aromatic rings. The van der Waals surface area contributed by atoms with Gasteiger partial charge in [0.1, 0.15) is 5.69 Å². The van der Waals surface area contributed by atoms with E-state index in [0.29, 0.717) is 50.3 Å². The Hall–Kier alpha value is -3.59. The van der Waals surface area contributed by atoms with Gasteiger partial charge in [-0.05, 0) is 52.0 Å². The third-order valence-corrected chi connectivity index (χ3v) is 8.52. The molecule has 4 N–H and O–H groups in total. The number of alkyl halides is 3. The zero-order valence-corrected chi connectivity index (χ0v) is 25.5. The molecule has 0 spiro atoms. The topological polar surface area (TPSA) is 136 Å². The van der Waals surface area contributed by atoms with Crippen molar-refractivity contribution in [2.45, 2.75) is 77.7 Å². The second kappa shape index (κ2) is 12.8. The van der Waals surface area contributed by atoms with Crippen LogP contribution in [0.25, 0.3) is 0 Å². The molecule has 5 heterocycles. The van der Waals surface area contributed by atoms with Crippen LogP contribution in [-0.4, -0.2) is 69.4 Å². The monoisotopic (exact) mass is 622 g/mol. The Bertz CT molecular complexity index is 1380. The van der Waals surface area contributed by atoms with Gasteiger partial charge < -0.3 is 25.4 Å². The average Bonchev–Trinajstić information content (AvgIpc) is 3.63. The molecule has 0 aromatic carbocycles. The summed E-state index contributed by atoms with van der Waals surface area (Å²) in [5.41, 5.74) is 3.28. The highest BCUT2D eigenvalue weighted by Crippen LogP contribution is 2.36. The summed E-state index contributed by atoms with van der Waals surface area (Å²) in [5, 5.41) is 13.3. The Morgan fingerprint density at radius 2 is 2.02 bits per heavy atom. The molecule has 0 radical (unpaired) electrons. The van der Waals surface area contributed by atoms with Crippen molar-refractivity contribution < 1.29 is 32.2 Å². The molecule has 5 rings (SSSR count). The van der Waals surface area contributed by atoms with Gasteiger partial charge in [-0.1, -0.05) is 6.92 Å². The number of anilines is 1. The molecule has 2 amide bonds. The lowest BCUT2D eigenvalue weighted by molar-refractivity contribution is -0.265. The minimum absolute atomic E-state index is 0.0133. The fourth-order valence-corrected chi connectivity index (χ4v) is 5.73. The Labute approximate surface area is 254 Å². The maximum absolute atomic E-state index is 13.7. The quantitative estimate of drug-likeness (QED) is 0.315. The van der Waals surface area contributed by atoms with E-state index in [1.54, 1.807) is 10.9 Å². The van der Waals surface area contributed by atoms with E-state index in [4.69, 9.17) is 14.5 Å². The van der Waals surface area contributed by atoms with Crippen molar-refractivity contribution >= 4 is 17.8 Å². The first-order valence-corrected chi connectivity index (χ1v) is 15.1. The number of rotatable bonds is 10. The number of amides is 2. The van der Waals surface area contributed by atoms with Gasteiger partial charge in [0.2, 0.25) is 11.9 Å². The first kappa shape index (κ1) is 31.8. The van der Waals surface area contributed by atoms with Gasteiger partial charge >= 0.3 is 6.18 Å². The third kappa shape index (κ3) is 6.88. The summed E-state index contributed by atoms with van der Waals surface area (Å²) < 4.78 is 55.0. The molecule has 0 bridgehead atoms. The zero-order valence-electron chi connectivity index (χ0n) is 25.5. The van der Waals surface area contributed by atoms with Gasteiger partial charge in [-0.2, -0.15) is 18.3 Å². The number of hydrogen-bond donors (Lipinski definition) is 4. The summed E-state index contributed by atoms with van der Waals surface area (Å²) in [6.07, 6.45) is 1.30. The Kier molecular flexibility index (Phi) is 9.25. The van der Waals surface area contributed by atoms with Crippen LogP contribution in [0.1, 0.15) is 75.6 Å². The fourth-order valence-electron chi connectivity index (χ4n) is 5.73. The van der Waals surface area contributed by atoms with Gasteiger partial charge in [0, 0.05) is 56.5 Å². The van der Waals surface area contributed by atoms with Crippen molar-refractivity contribution in [2.75, 3.05) is 37.1 Å². The number of aromatic nitrogens is 4. The smallest absolute Gasteiger partial charge is 0.381 e. The van der Waals surface area contributed by atoms with Crippen LogP contribution in [0, 0.1) is 17.8 Å². The molecular formula is C29H41F3N8O4. The number of imidazole rings is 1. The van der Waals surface area contributed by atoms with E-state index >= 15 is 0 Å². The average molecular weight is 623 g/mol. The molecule has 0 aliphatic carbocycles. The summed E-state index contributed by atoms with van der Waals surface area (Å²) >= 11 is 0. The van der Waals surface area contributed by atoms with E-state index in [9.17, 15) is 22.8 Å². The number of piperidine rings is 1. The SMILES string of the molecule is CCn1nccc1C(=O)N[C@@H](COC(C)(C)C(F)(F)F)c1cn2c(n1)NC(C1CCOCC1)=C(C[C@H]1C[C@H](C)CNC1=O)N2. The first-order chi connectivity index (χ1) is 20.9. The van der Waals surface area contributed by atoms with Crippen LogP contribution in [0.15, 0.2) is 29.9 Å². The number of carbonyl (C=O) groups is 2. The number of halogens is 3. The van der Waals surface area contributed by atoms with E-state index in [1.165, 1.54) is 16.9 Å². The number of aryl methyl sites for hydroxylation is 1. The van der Waals surface area contributed by atoms with E-state index in [2.05, 4.69) is 33.4 Å². The summed E-state index contributed by atoms with van der Waals surface area (Å²) in [7, 11) is 0. The van der Waals surface area contributed by atoms with Crippen molar-refractivity contribution in [2.24, 2.45) is 17.8 Å². The molecule has 44 heavy (non-hydrogen) atoms. The maximum Gasteiger partial charge on any atom is 0.416 e. The highest BCUT2D eigenvalue weighted by atomic mass is 19.4. The molecule has 242 valence electrons. The van der Waals surface area contributed by atoms with E-state index in [1.807, 2.05) is 6.92 Å². The summed E-state index contributed by atoms with van der Waals surface area (Å²) in [5.74, 6) is 0.194. The molecule has 0 unspecified atom stereocenters. The summed E-state index contributed by atoms with van der Waals surface area (Å²) in [6, 6.07) is 0.516. The van der Waals surface area contributed by atoms with Crippen molar-refractivity contribution in [1.82, 2.24) is 30.1 Å². The number of nitrogens with zero attached hydrogens (tertiary/aromatic N) is 4. The molecule has 0 saturated carbocycles. The molecule has 3 aliphatic rings. The van der Waals surface area contributed by atoms with Crippen LogP contribution < -0.4 is 21.4 Å². The molecule has 2 saturated heterocycles. The van der Waals surface area contributed by atoms with Crippen LogP contribution in [-0.2, 0) is 20.8 Å². The van der Waals surface area contributed by atoms with Gasteiger partial charge in [0.25, 0.3) is 5.91 Å². The third-order valence-electron chi connectivity index (χ3n) is 8.52. The number of allylic oxidation sites excluding steroid dienone is 2. The van der Waals surface area contributed by atoms with Crippen LogP contribution in [0.5, 0.6) is 0 Å². The lowest BCUT2D eigenvalue weighted by Gasteiger charge is -2.34. The second-order valence-electron chi connectivity index (χ2n) is 12.2. The first-order valence-electron chi connectivity index (χ1n) is 15.1. The Morgan fingerprint density at radius 1 is 1.27 bits per heavy atom. The number of hydrogen-bond acceptors (Lipinski definition) is 8. The van der Waals surface area contributed by atoms with Crippen molar-refractivity contribution in [1.29, 1.82) is 0 Å². The highest BCUT2D eigenvalue weighted by Gasteiger charge is 2.49. The van der Waals surface area contributed by atoms with Gasteiger partial charge in [-0.3, -0.25) is 19.7 Å². The largest absolute Gasteiger partial charge is 0.416 e. The van der Waals surface area contributed by atoms with E-state index in [-0.39, 0.29) is 23.4 Å². The van der Waals surface area contributed by atoms with Gasteiger partial charge in [0.05, 0.1) is 30.2 Å². The van der Waals surface area contributed by atoms with Crippen LogP contribution in [0.3, 0.4) is 0 Å². The summed E-state index contributed by atoms with van der Waals surface area (Å²) in [6.45, 7) is 7.65. The Morgan fingerprint density at radius 3 is 2.73 bits per heavy atom. The number of carbonyl (C=O) groups excluding carboxylic acids is 2. The number of nitrogens with one attached hydrogen (secondary N) is 4. The fraction of sp³-hybridized carbons (Fsp3) is 0.655. The number of fused-ring (bicyclic) bond motifs is 1. The van der Waals surface area contributed by atoms with E-state index in [0.717, 1.165) is 44.5 Å². The molecule has 2 aromatic heterocycles. The molecular weight excluding hydrogens is 581 g/mol. The van der Waals surface area contributed by atoms with Crippen molar-refractivity contribution in [3.63, 3.8) is 0 Å². The predicted octanol–water partition coefficient (Wildman–Crippen LogP) is 3.70. The summed E-state index contributed by atoms with van der Waals surface area (Å²) in [4.78, 5) is 30.7. The second-order valence-corrected chi connectivity index (χ2v) is 12.2. The van der Waals surface area contributed by atoms with Crippen molar-refractivity contribution in [3.05, 3.63) is 41.2 Å². The van der Waals surface area contributed by atoms with Gasteiger partial charge in [-0.15, -0.1) is 0 Å². The van der Waals surface area contributed by atoms with Gasteiger partial charge in [-0.25, -0.2) is 9.66 Å².